The Hall–Kier alpha value is -1.68. The molecular formula is C13H20N2O2. The monoisotopic (exact) mass is 236 g/mol. The molecule has 4 N–H and O–H groups in total. The number of benzene rings is 1. The zero-order valence-corrected chi connectivity index (χ0v) is 10.2. The van der Waals surface area contributed by atoms with E-state index in [1.54, 1.807) is 12.1 Å². The molecule has 0 bridgehead atoms. The fourth-order valence-corrected chi connectivity index (χ4v) is 1.54. The van der Waals surface area contributed by atoms with E-state index in [0.29, 0.717) is 11.3 Å². The minimum Gasteiger partial charge on any atom is -0.504 e. The van der Waals surface area contributed by atoms with Gasteiger partial charge in [0.2, 0.25) is 0 Å². The summed E-state index contributed by atoms with van der Waals surface area (Å²) in [6, 6.07) is 4.84. The van der Waals surface area contributed by atoms with Crippen molar-refractivity contribution in [3.8, 4) is 11.5 Å². The number of aromatic hydroxyl groups is 2. The van der Waals surface area contributed by atoms with E-state index in [9.17, 15) is 10.2 Å². The second-order valence-electron chi connectivity index (χ2n) is 3.89. The SMILES string of the molecule is C=C(NCCCCNC)c1cccc(O)c1O. The highest BCUT2D eigenvalue weighted by molar-refractivity contribution is 5.69. The quantitative estimate of drug-likeness (QED) is 0.429. The molecule has 17 heavy (non-hydrogen) atoms. The van der Waals surface area contributed by atoms with Crippen LogP contribution in [0.15, 0.2) is 24.8 Å². The molecule has 1 aromatic carbocycles. The van der Waals surface area contributed by atoms with E-state index in [4.69, 9.17) is 0 Å². The maximum Gasteiger partial charge on any atom is 0.166 e. The average Bonchev–Trinajstić information content (AvgIpc) is 2.32. The number of para-hydroxylation sites is 1. The van der Waals surface area contributed by atoms with E-state index >= 15 is 0 Å². The fraction of sp³-hybridized carbons (Fsp3) is 0.385. The first kappa shape index (κ1) is 13.4. The Labute approximate surface area is 102 Å². The molecule has 1 aromatic rings. The van der Waals surface area contributed by atoms with E-state index in [1.165, 1.54) is 6.07 Å². The lowest BCUT2D eigenvalue weighted by Gasteiger charge is -2.11. The van der Waals surface area contributed by atoms with Gasteiger partial charge in [-0.15, -0.1) is 0 Å². The second kappa shape index (κ2) is 6.81. The van der Waals surface area contributed by atoms with Crippen molar-refractivity contribution in [2.24, 2.45) is 0 Å². The van der Waals surface area contributed by atoms with Gasteiger partial charge in [0.1, 0.15) is 0 Å². The van der Waals surface area contributed by atoms with Gasteiger partial charge in [0.05, 0.1) is 0 Å². The summed E-state index contributed by atoms with van der Waals surface area (Å²) < 4.78 is 0. The standard InChI is InChI=1S/C13H20N2O2/c1-10(15-9-4-3-8-14-2)11-6-5-7-12(16)13(11)17/h5-7,14-17H,1,3-4,8-9H2,2H3. The van der Waals surface area contributed by atoms with Gasteiger partial charge in [0.25, 0.3) is 0 Å². The zero-order valence-electron chi connectivity index (χ0n) is 10.2. The number of rotatable bonds is 7. The topological polar surface area (TPSA) is 64.5 Å². The molecule has 1 rings (SSSR count). The minimum atomic E-state index is -0.125. The molecule has 94 valence electrons. The van der Waals surface area contributed by atoms with Crippen LogP contribution in [-0.4, -0.2) is 30.4 Å². The molecule has 0 fully saturated rings. The molecule has 0 aliphatic heterocycles. The molecule has 0 saturated heterocycles. The Morgan fingerprint density at radius 3 is 2.65 bits per heavy atom. The first-order chi connectivity index (χ1) is 8.16. The van der Waals surface area contributed by atoms with Gasteiger partial charge < -0.3 is 20.8 Å². The Balaban J connectivity index is 2.44. The van der Waals surface area contributed by atoms with Crippen LogP contribution in [0.5, 0.6) is 11.5 Å². The van der Waals surface area contributed by atoms with Crippen LogP contribution in [-0.2, 0) is 0 Å². The van der Waals surface area contributed by atoms with E-state index in [0.717, 1.165) is 25.9 Å². The van der Waals surface area contributed by atoms with Gasteiger partial charge >= 0.3 is 0 Å². The maximum absolute atomic E-state index is 9.65. The van der Waals surface area contributed by atoms with E-state index in [1.807, 2.05) is 7.05 Å². The van der Waals surface area contributed by atoms with Crippen LogP contribution in [0.25, 0.3) is 5.70 Å². The molecule has 0 saturated carbocycles. The smallest absolute Gasteiger partial charge is 0.166 e. The van der Waals surface area contributed by atoms with Gasteiger partial charge in [-0.2, -0.15) is 0 Å². The third-order valence-corrected chi connectivity index (χ3v) is 2.53. The van der Waals surface area contributed by atoms with E-state index in [-0.39, 0.29) is 11.5 Å². The lowest BCUT2D eigenvalue weighted by Crippen LogP contribution is -2.15. The number of unbranched alkanes of at least 4 members (excludes halogenated alkanes) is 1. The molecule has 0 aliphatic rings. The minimum absolute atomic E-state index is 0.124. The van der Waals surface area contributed by atoms with Crippen molar-refractivity contribution in [3.05, 3.63) is 30.3 Å². The highest BCUT2D eigenvalue weighted by atomic mass is 16.3. The van der Waals surface area contributed by atoms with Crippen LogP contribution in [0, 0.1) is 0 Å². The van der Waals surface area contributed by atoms with E-state index in [2.05, 4.69) is 17.2 Å². The molecule has 0 radical (unpaired) electrons. The first-order valence-electron chi connectivity index (χ1n) is 5.75. The van der Waals surface area contributed by atoms with E-state index < -0.39 is 0 Å². The van der Waals surface area contributed by atoms with Crippen LogP contribution >= 0.6 is 0 Å². The van der Waals surface area contributed by atoms with Crippen molar-refractivity contribution in [1.29, 1.82) is 0 Å². The molecule has 4 nitrogen and oxygen atoms in total. The summed E-state index contributed by atoms with van der Waals surface area (Å²) >= 11 is 0. The summed E-state index contributed by atoms with van der Waals surface area (Å²) in [6.07, 6.45) is 2.11. The normalized spacial score (nSPS) is 10.2. The van der Waals surface area contributed by atoms with Crippen LogP contribution in [0.4, 0.5) is 0 Å². The number of hydrogen-bond donors (Lipinski definition) is 4. The van der Waals surface area contributed by atoms with Gasteiger partial charge in [0, 0.05) is 17.8 Å². The largest absolute Gasteiger partial charge is 0.504 e. The lowest BCUT2D eigenvalue weighted by atomic mass is 10.1. The Morgan fingerprint density at radius 2 is 1.94 bits per heavy atom. The highest BCUT2D eigenvalue weighted by Gasteiger charge is 2.08. The average molecular weight is 236 g/mol. The van der Waals surface area contributed by atoms with Crippen LogP contribution in [0.1, 0.15) is 18.4 Å². The molecule has 0 heterocycles. The van der Waals surface area contributed by atoms with Crippen molar-refractivity contribution in [2.45, 2.75) is 12.8 Å². The summed E-state index contributed by atoms with van der Waals surface area (Å²) in [7, 11) is 1.93. The van der Waals surface area contributed by atoms with Gasteiger partial charge in [-0.25, -0.2) is 0 Å². The summed E-state index contributed by atoms with van der Waals surface area (Å²) in [4.78, 5) is 0. The van der Waals surface area contributed by atoms with Gasteiger partial charge in [-0.05, 0) is 38.6 Å². The number of hydrogen-bond acceptors (Lipinski definition) is 4. The third kappa shape index (κ3) is 4.00. The predicted molar refractivity (Wildman–Crippen MR) is 70.0 cm³/mol. The highest BCUT2D eigenvalue weighted by Crippen LogP contribution is 2.31. The Kier molecular flexibility index (Phi) is 5.36. The van der Waals surface area contributed by atoms with Gasteiger partial charge in [-0.3, -0.25) is 0 Å². The molecule has 0 unspecified atom stereocenters. The van der Waals surface area contributed by atoms with Crippen LogP contribution in [0.2, 0.25) is 0 Å². The molecule has 0 aliphatic carbocycles. The van der Waals surface area contributed by atoms with Gasteiger partial charge in [-0.1, -0.05) is 12.6 Å². The van der Waals surface area contributed by atoms with Crippen molar-refractivity contribution < 1.29 is 10.2 Å². The van der Waals surface area contributed by atoms with Crippen LogP contribution in [0.3, 0.4) is 0 Å². The Morgan fingerprint density at radius 1 is 1.24 bits per heavy atom. The Bertz CT molecular complexity index is 378. The van der Waals surface area contributed by atoms with Crippen molar-refractivity contribution in [1.82, 2.24) is 10.6 Å². The first-order valence-corrected chi connectivity index (χ1v) is 5.75. The second-order valence-corrected chi connectivity index (χ2v) is 3.89. The third-order valence-electron chi connectivity index (χ3n) is 2.53. The van der Waals surface area contributed by atoms with Crippen molar-refractivity contribution >= 4 is 5.70 Å². The summed E-state index contributed by atoms with van der Waals surface area (Å²) in [6.45, 7) is 5.64. The number of phenols is 2. The molecule has 0 aromatic heterocycles. The summed E-state index contributed by atoms with van der Waals surface area (Å²) in [5.74, 6) is -0.249. The summed E-state index contributed by atoms with van der Waals surface area (Å²) in [5.41, 5.74) is 1.17. The molecular weight excluding hydrogens is 216 g/mol. The molecule has 4 heteroatoms. The summed E-state index contributed by atoms with van der Waals surface area (Å²) in [5, 5.41) is 25.2. The van der Waals surface area contributed by atoms with Gasteiger partial charge in [0.15, 0.2) is 11.5 Å². The molecule has 0 atom stereocenters. The maximum atomic E-state index is 9.65. The van der Waals surface area contributed by atoms with Crippen LogP contribution < -0.4 is 10.6 Å². The predicted octanol–water partition coefficient (Wildman–Crippen LogP) is 1.66. The number of phenolic OH excluding ortho intramolecular Hbond substituents is 2. The molecule has 0 spiro atoms. The fourth-order valence-electron chi connectivity index (χ4n) is 1.54. The lowest BCUT2D eigenvalue weighted by molar-refractivity contribution is 0.402. The van der Waals surface area contributed by atoms with Crippen molar-refractivity contribution in [2.75, 3.05) is 20.1 Å². The zero-order chi connectivity index (χ0) is 12.7. The molecule has 0 amide bonds. The van der Waals surface area contributed by atoms with Crippen molar-refractivity contribution in [3.63, 3.8) is 0 Å². The number of nitrogens with one attached hydrogen (secondary N) is 2.